The van der Waals surface area contributed by atoms with Crippen LogP contribution in [0.1, 0.15) is 5.56 Å². The second kappa shape index (κ2) is 9.11. The zero-order chi connectivity index (χ0) is 21.7. The van der Waals surface area contributed by atoms with Crippen LogP contribution in [0.25, 0.3) is 11.0 Å². The molecule has 3 N–H and O–H groups in total. The Hall–Kier alpha value is -3.49. The van der Waals surface area contributed by atoms with E-state index in [0.29, 0.717) is 17.5 Å². The monoisotopic (exact) mass is 434 g/mol. The summed E-state index contributed by atoms with van der Waals surface area (Å²) in [6.45, 7) is 0.183. The number of fused-ring (bicyclic) bond motifs is 1. The van der Waals surface area contributed by atoms with Gasteiger partial charge in [-0.25, -0.2) is 18.4 Å². The minimum absolute atomic E-state index is 0.0782. The summed E-state index contributed by atoms with van der Waals surface area (Å²) in [4.78, 5) is 9.10. The lowest BCUT2D eigenvalue weighted by atomic mass is 10.1. The normalized spacial score (nSPS) is 12.4. The van der Waals surface area contributed by atoms with Gasteiger partial charge in [-0.2, -0.15) is 0 Å². The van der Waals surface area contributed by atoms with Gasteiger partial charge in [-0.1, -0.05) is 60.7 Å². The highest BCUT2D eigenvalue weighted by Gasteiger charge is 2.19. The van der Waals surface area contributed by atoms with Crippen molar-refractivity contribution < 1.29 is 13.5 Å². The molecule has 0 saturated heterocycles. The van der Waals surface area contributed by atoms with E-state index in [2.05, 4.69) is 20.0 Å². The second-order valence-electron chi connectivity index (χ2n) is 7.05. The molecular formula is C23H22N4O3S. The molecule has 0 aliphatic carbocycles. The molecule has 1 aromatic heterocycles. The molecule has 1 heterocycles. The van der Waals surface area contributed by atoms with Gasteiger partial charge in [0.1, 0.15) is 0 Å². The summed E-state index contributed by atoms with van der Waals surface area (Å²) >= 11 is 0. The number of nitrogens with zero attached hydrogens (tertiary/aromatic N) is 2. The zero-order valence-electron chi connectivity index (χ0n) is 16.6. The van der Waals surface area contributed by atoms with Crippen molar-refractivity contribution in [3.8, 4) is 0 Å². The summed E-state index contributed by atoms with van der Waals surface area (Å²) in [7, 11) is -3.85. The molecule has 0 saturated carbocycles. The highest BCUT2D eigenvalue weighted by molar-refractivity contribution is 7.92. The number of hydrogen-bond donors (Lipinski definition) is 3. The molecule has 0 aliphatic rings. The first-order valence-electron chi connectivity index (χ1n) is 9.82. The largest absolute Gasteiger partial charge is 0.391 e. The molecule has 1 atom stereocenters. The molecule has 7 nitrogen and oxygen atoms in total. The van der Waals surface area contributed by atoms with Gasteiger partial charge in [-0.3, -0.25) is 4.72 Å². The Labute approximate surface area is 180 Å². The van der Waals surface area contributed by atoms with E-state index >= 15 is 0 Å². The predicted molar refractivity (Wildman–Crippen MR) is 121 cm³/mol. The molecule has 0 bridgehead atoms. The number of sulfonamides is 1. The Kier molecular flexibility index (Phi) is 6.11. The van der Waals surface area contributed by atoms with E-state index in [0.717, 1.165) is 5.56 Å². The van der Waals surface area contributed by atoms with Crippen molar-refractivity contribution in [3.63, 3.8) is 0 Å². The zero-order valence-corrected chi connectivity index (χ0v) is 17.5. The second-order valence-corrected chi connectivity index (χ2v) is 8.73. The number of aliphatic hydroxyl groups is 1. The minimum Gasteiger partial charge on any atom is -0.391 e. The summed E-state index contributed by atoms with van der Waals surface area (Å²) in [5.41, 5.74) is 2.18. The van der Waals surface area contributed by atoms with Gasteiger partial charge in [0.05, 0.1) is 22.0 Å². The van der Waals surface area contributed by atoms with Gasteiger partial charge < -0.3 is 10.4 Å². The molecule has 0 amide bonds. The molecule has 4 rings (SSSR count). The Morgan fingerprint density at radius 2 is 1.32 bits per heavy atom. The van der Waals surface area contributed by atoms with Gasteiger partial charge in [0, 0.05) is 13.0 Å². The van der Waals surface area contributed by atoms with E-state index in [9.17, 15) is 13.5 Å². The van der Waals surface area contributed by atoms with Gasteiger partial charge in [0.25, 0.3) is 10.0 Å². The summed E-state index contributed by atoms with van der Waals surface area (Å²) in [5, 5.41) is 13.5. The fourth-order valence-corrected chi connectivity index (χ4v) is 4.18. The number of hydrogen-bond acceptors (Lipinski definition) is 6. The van der Waals surface area contributed by atoms with Crippen LogP contribution in [0.3, 0.4) is 0 Å². The molecular weight excluding hydrogens is 412 g/mol. The van der Waals surface area contributed by atoms with E-state index in [-0.39, 0.29) is 23.1 Å². The Balaban J connectivity index is 1.59. The molecule has 4 aromatic rings. The highest BCUT2D eigenvalue weighted by atomic mass is 32.2. The van der Waals surface area contributed by atoms with Crippen LogP contribution in [0.15, 0.2) is 89.8 Å². The fraction of sp³-hybridized carbons (Fsp3) is 0.130. The van der Waals surface area contributed by atoms with Crippen LogP contribution < -0.4 is 10.0 Å². The van der Waals surface area contributed by atoms with Crippen molar-refractivity contribution in [2.24, 2.45) is 0 Å². The summed E-state index contributed by atoms with van der Waals surface area (Å²) in [5.74, 6) is 0.333. The van der Waals surface area contributed by atoms with Gasteiger partial charge in [0.15, 0.2) is 11.6 Å². The lowest BCUT2D eigenvalue weighted by Gasteiger charge is -2.16. The molecule has 0 radical (unpaired) electrons. The van der Waals surface area contributed by atoms with Gasteiger partial charge in [-0.15, -0.1) is 0 Å². The average molecular weight is 435 g/mol. The Morgan fingerprint density at radius 1 is 0.774 bits per heavy atom. The van der Waals surface area contributed by atoms with Crippen LogP contribution in [0.2, 0.25) is 0 Å². The number of nitrogens with one attached hydrogen (secondary N) is 2. The minimum atomic E-state index is -3.85. The van der Waals surface area contributed by atoms with Crippen molar-refractivity contribution in [1.29, 1.82) is 0 Å². The van der Waals surface area contributed by atoms with E-state index < -0.39 is 16.1 Å². The molecule has 8 heteroatoms. The number of para-hydroxylation sites is 2. The summed E-state index contributed by atoms with van der Waals surface area (Å²) < 4.78 is 28.1. The first-order chi connectivity index (χ1) is 15.0. The third-order valence-electron chi connectivity index (χ3n) is 4.67. The maximum absolute atomic E-state index is 12.8. The molecule has 31 heavy (non-hydrogen) atoms. The molecule has 0 fully saturated rings. The first kappa shape index (κ1) is 20.8. The molecule has 3 aromatic carbocycles. The van der Waals surface area contributed by atoms with Crippen LogP contribution in [0, 0.1) is 0 Å². The maximum atomic E-state index is 12.8. The quantitative estimate of drug-likeness (QED) is 0.392. The van der Waals surface area contributed by atoms with Crippen LogP contribution in [-0.2, 0) is 16.4 Å². The van der Waals surface area contributed by atoms with Crippen LogP contribution in [0.4, 0.5) is 11.6 Å². The lowest BCUT2D eigenvalue weighted by Crippen LogP contribution is -2.24. The molecule has 158 valence electrons. The van der Waals surface area contributed by atoms with Crippen molar-refractivity contribution >= 4 is 32.7 Å². The van der Waals surface area contributed by atoms with E-state index in [1.54, 1.807) is 30.3 Å². The van der Waals surface area contributed by atoms with Crippen LogP contribution in [-0.4, -0.2) is 36.1 Å². The van der Waals surface area contributed by atoms with Gasteiger partial charge >= 0.3 is 0 Å². The first-order valence-corrected chi connectivity index (χ1v) is 11.3. The maximum Gasteiger partial charge on any atom is 0.263 e. The topological polar surface area (TPSA) is 104 Å². The van der Waals surface area contributed by atoms with Crippen molar-refractivity contribution in [2.45, 2.75) is 17.4 Å². The van der Waals surface area contributed by atoms with Crippen LogP contribution >= 0.6 is 0 Å². The number of anilines is 2. The fourth-order valence-electron chi connectivity index (χ4n) is 3.15. The lowest BCUT2D eigenvalue weighted by molar-refractivity contribution is 0.188. The third kappa shape index (κ3) is 5.17. The SMILES string of the molecule is O=S(=O)(Nc1nc2ccccc2nc1NCC(O)Cc1ccccc1)c1ccccc1. The van der Waals surface area contributed by atoms with Gasteiger partial charge in [0.2, 0.25) is 0 Å². The number of aliphatic hydroxyl groups excluding tert-OH is 1. The summed E-state index contributed by atoms with van der Waals surface area (Å²) in [6, 6.07) is 24.9. The smallest absolute Gasteiger partial charge is 0.263 e. The standard InChI is InChI=1S/C23H22N4O3S/c28-18(15-17-9-3-1-4-10-17)16-24-22-23(26-21-14-8-7-13-20(21)25-22)27-31(29,30)19-11-5-2-6-12-19/h1-14,18,28H,15-16H2,(H,24,25)(H,26,27). The number of rotatable bonds is 8. The van der Waals surface area contributed by atoms with Crippen molar-refractivity contribution in [3.05, 3.63) is 90.5 Å². The summed E-state index contributed by atoms with van der Waals surface area (Å²) in [6.07, 6.45) is -0.228. The van der Waals surface area contributed by atoms with Gasteiger partial charge in [-0.05, 0) is 29.8 Å². The number of benzene rings is 3. The average Bonchev–Trinajstić information content (AvgIpc) is 2.79. The molecule has 0 aliphatic heterocycles. The van der Waals surface area contributed by atoms with Crippen LogP contribution in [0.5, 0.6) is 0 Å². The predicted octanol–water partition coefficient (Wildman–Crippen LogP) is 3.45. The number of aromatic nitrogens is 2. The third-order valence-corrected chi connectivity index (χ3v) is 6.03. The Morgan fingerprint density at radius 3 is 1.97 bits per heavy atom. The van der Waals surface area contributed by atoms with E-state index in [1.807, 2.05) is 42.5 Å². The van der Waals surface area contributed by atoms with E-state index in [1.165, 1.54) is 12.1 Å². The van der Waals surface area contributed by atoms with Crippen molar-refractivity contribution in [1.82, 2.24) is 9.97 Å². The van der Waals surface area contributed by atoms with Crippen molar-refractivity contribution in [2.75, 3.05) is 16.6 Å². The van der Waals surface area contributed by atoms with E-state index in [4.69, 9.17) is 0 Å². The molecule has 0 spiro atoms. The Bertz CT molecular complexity index is 1270. The highest BCUT2D eigenvalue weighted by Crippen LogP contribution is 2.24. The molecule has 1 unspecified atom stereocenters.